The Bertz CT molecular complexity index is 2390. The molecule has 4 N–H and O–H groups in total. The van der Waals surface area contributed by atoms with Crippen LogP contribution in [0.1, 0.15) is 33.9 Å². The molecule has 1 unspecified atom stereocenters. The van der Waals surface area contributed by atoms with Crippen molar-refractivity contribution < 1.29 is 37.4 Å². The molecule has 0 saturated carbocycles. The van der Waals surface area contributed by atoms with E-state index in [1.807, 2.05) is 43.3 Å². The van der Waals surface area contributed by atoms with Crippen LogP contribution in [0, 0.1) is 0 Å². The van der Waals surface area contributed by atoms with Gasteiger partial charge in [-0.15, -0.1) is 0 Å². The first-order valence-electron chi connectivity index (χ1n) is 17.2. The van der Waals surface area contributed by atoms with E-state index in [1.54, 1.807) is 71.6 Å². The highest BCUT2D eigenvalue weighted by atomic mass is 79.9. The minimum absolute atomic E-state index is 0.0432. The molecule has 5 aromatic carbocycles. The minimum atomic E-state index is -4.07. The molecule has 0 bridgehead atoms. The Morgan fingerprint density at radius 1 is 0.855 bits per heavy atom. The minimum Gasteiger partial charge on any atom is -0.496 e. The number of carbonyl (C=O) groups is 3. The van der Waals surface area contributed by atoms with Crippen LogP contribution >= 0.6 is 15.9 Å². The fraction of sp³-hybridized carbons (Fsp3) is 0.225. The van der Waals surface area contributed by atoms with Gasteiger partial charge in [-0.05, 0) is 82.0 Å². The van der Waals surface area contributed by atoms with Crippen LogP contribution in [0.2, 0.25) is 0 Å². The first kappa shape index (κ1) is 39.1. The van der Waals surface area contributed by atoms with Crippen LogP contribution in [0.3, 0.4) is 0 Å². The highest BCUT2D eigenvalue weighted by molar-refractivity contribution is 9.10. The van der Waals surface area contributed by atoms with E-state index in [1.165, 1.54) is 20.3 Å². The van der Waals surface area contributed by atoms with Crippen LogP contribution in [0.15, 0.2) is 106 Å². The summed E-state index contributed by atoms with van der Waals surface area (Å²) in [6.07, 6.45) is 0.143. The molecule has 0 aliphatic carbocycles. The molecule has 1 fully saturated rings. The van der Waals surface area contributed by atoms with Crippen molar-refractivity contribution in [3.05, 3.63) is 118 Å². The topological polar surface area (TPSA) is 167 Å². The molecule has 1 saturated heterocycles. The molecule has 0 aromatic heterocycles. The maximum absolute atomic E-state index is 14.2. The Hall–Kier alpha value is -5.64. The zero-order chi connectivity index (χ0) is 39.4. The number of amides is 3. The zero-order valence-electron chi connectivity index (χ0n) is 30.5. The number of carbonyl (C=O) groups excluding carboxylic acids is 2. The van der Waals surface area contributed by atoms with Crippen molar-refractivity contribution in [3.8, 4) is 11.5 Å². The molecule has 6 rings (SSSR count). The molecule has 55 heavy (non-hydrogen) atoms. The number of para-hydroxylation sites is 1. The molecule has 0 spiro atoms. The molecule has 286 valence electrons. The number of sulfonamides is 1. The smallest absolute Gasteiger partial charge is 0.339 e. The second-order valence-corrected chi connectivity index (χ2v) is 15.7. The second kappa shape index (κ2) is 16.4. The van der Waals surface area contributed by atoms with Gasteiger partial charge >= 0.3 is 12.0 Å². The van der Waals surface area contributed by atoms with Crippen LogP contribution in [0.5, 0.6) is 11.5 Å². The summed E-state index contributed by atoms with van der Waals surface area (Å²) in [7, 11) is 2.53. The van der Waals surface area contributed by atoms with Crippen molar-refractivity contribution in [1.29, 1.82) is 0 Å². The monoisotopic (exact) mass is 829 g/mol. The number of likely N-dealkylation sites (tertiary alicyclic amines) is 1. The van der Waals surface area contributed by atoms with Crippen LogP contribution in [-0.2, 0) is 21.2 Å². The molecule has 1 heterocycles. The van der Waals surface area contributed by atoms with Gasteiger partial charge < -0.3 is 35.0 Å². The van der Waals surface area contributed by atoms with E-state index >= 15 is 0 Å². The number of nitrogens with one attached hydrogen (secondary N) is 3. The highest BCUT2D eigenvalue weighted by Gasteiger charge is 2.39. The first-order valence-corrected chi connectivity index (χ1v) is 19.5. The maximum atomic E-state index is 14.2. The van der Waals surface area contributed by atoms with Gasteiger partial charge in [-0.2, -0.15) is 0 Å². The van der Waals surface area contributed by atoms with Gasteiger partial charge in [0.05, 0.1) is 43.0 Å². The third-order valence-electron chi connectivity index (χ3n) is 9.41. The Kier molecular flexibility index (Phi) is 11.6. The number of fused-ring (bicyclic) bond motifs is 1. The Balaban J connectivity index is 1.26. The predicted molar refractivity (Wildman–Crippen MR) is 215 cm³/mol. The molecule has 0 radical (unpaired) electrons. The lowest BCUT2D eigenvalue weighted by molar-refractivity contribution is -0.131. The first-order chi connectivity index (χ1) is 26.3. The fourth-order valence-electron chi connectivity index (χ4n) is 6.84. The van der Waals surface area contributed by atoms with Gasteiger partial charge in [0.2, 0.25) is 15.9 Å². The summed E-state index contributed by atoms with van der Waals surface area (Å²) in [5, 5.41) is 16.6. The fourth-order valence-corrected chi connectivity index (χ4v) is 8.69. The Labute approximate surface area is 327 Å². The van der Waals surface area contributed by atoms with Crippen molar-refractivity contribution in [3.63, 3.8) is 0 Å². The molecule has 1 aliphatic heterocycles. The van der Waals surface area contributed by atoms with Gasteiger partial charge in [-0.25, -0.2) is 22.7 Å². The molecule has 5 aromatic rings. The lowest BCUT2D eigenvalue weighted by Gasteiger charge is -2.26. The van der Waals surface area contributed by atoms with E-state index in [-0.39, 0.29) is 41.5 Å². The van der Waals surface area contributed by atoms with E-state index in [4.69, 9.17) is 9.47 Å². The SMILES string of the molecule is COc1cc(CC(=O)N2CC(NS(=O)(=O)c3cccc4c(N(C)C)cccc34)C[C@H]2c2ccc(C(=O)O)c(OC)c2)ccc1NC(=O)Nc1ccccc1Br. The van der Waals surface area contributed by atoms with Crippen molar-refractivity contribution in [1.82, 2.24) is 9.62 Å². The number of ether oxygens (including phenoxy) is 2. The number of hydrogen-bond acceptors (Lipinski definition) is 8. The van der Waals surface area contributed by atoms with E-state index in [9.17, 15) is 27.9 Å². The Morgan fingerprint density at radius 2 is 1.56 bits per heavy atom. The van der Waals surface area contributed by atoms with Gasteiger partial charge in [0, 0.05) is 47.6 Å². The number of benzene rings is 5. The molecule has 1 aliphatic rings. The van der Waals surface area contributed by atoms with E-state index in [0.717, 1.165) is 11.1 Å². The zero-order valence-corrected chi connectivity index (χ0v) is 32.9. The average molecular weight is 831 g/mol. The van der Waals surface area contributed by atoms with Crippen molar-refractivity contribution in [2.75, 3.05) is 50.4 Å². The van der Waals surface area contributed by atoms with E-state index in [2.05, 4.69) is 31.3 Å². The number of urea groups is 1. The lowest BCUT2D eigenvalue weighted by Crippen LogP contribution is -2.39. The summed E-state index contributed by atoms with van der Waals surface area (Å²) in [6.45, 7) is 0.0471. The third-order valence-corrected chi connectivity index (χ3v) is 11.7. The number of nitrogens with zero attached hydrogens (tertiary/aromatic N) is 2. The maximum Gasteiger partial charge on any atom is 0.339 e. The number of carboxylic acids is 1. The van der Waals surface area contributed by atoms with Crippen LogP contribution < -0.4 is 29.7 Å². The summed E-state index contributed by atoms with van der Waals surface area (Å²) < 4.78 is 42.6. The quantitative estimate of drug-likeness (QED) is 0.105. The number of rotatable bonds is 12. The largest absolute Gasteiger partial charge is 0.496 e. The van der Waals surface area contributed by atoms with Crippen LogP contribution in [0.4, 0.5) is 21.9 Å². The molecule has 15 heteroatoms. The van der Waals surface area contributed by atoms with Gasteiger partial charge in [0.15, 0.2) is 0 Å². The molecular formula is C40H40BrN5O8S. The van der Waals surface area contributed by atoms with E-state index in [0.29, 0.717) is 38.1 Å². The number of hydrogen-bond donors (Lipinski definition) is 4. The number of carboxylic acid groups (broad SMARTS) is 1. The van der Waals surface area contributed by atoms with Gasteiger partial charge in [0.1, 0.15) is 17.1 Å². The number of anilines is 3. The van der Waals surface area contributed by atoms with Crippen molar-refractivity contribution in [2.24, 2.45) is 0 Å². The standard InChI is InChI=1S/C40H40BrN5O8S/c1-45(2)33-13-7-10-28-27(33)9-8-14-37(28)55(51,52)44-26-22-34(25-16-17-29(39(48)49)35(21-25)53-3)46(23-26)38(47)20-24-15-18-32(36(19-24)54-4)43-40(50)42-31-12-6-5-11-30(31)41/h5-19,21,26,34,44H,20,22-23H2,1-4H3,(H,48,49)(H2,42,43,50)/t26?,34-/m0/s1. The third kappa shape index (κ3) is 8.53. The molecular weight excluding hydrogens is 790 g/mol. The summed E-state index contributed by atoms with van der Waals surface area (Å²) in [4.78, 5) is 42.5. The summed E-state index contributed by atoms with van der Waals surface area (Å²) in [5.74, 6) is -1.02. The normalized spacial score (nSPS) is 15.4. The summed E-state index contributed by atoms with van der Waals surface area (Å²) in [5.41, 5.74) is 2.97. The van der Waals surface area contributed by atoms with Gasteiger partial charge in [0.25, 0.3) is 0 Å². The number of halogens is 1. The molecule has 13 nitrogen and oxygen atoms in total. The summed E-state index contributed by atoms with van der Waals surface area (Å²) >= 11 is 3.41. The van der Waals surface area contributed by atoms with Crippen molar-refractivity contribution in [2.45, 2.75) is 29.8 Å². The Morgan fingerprint density at radius 3 is 2.27 bits per heavy atom. The second-order valence-electron chi connectivity index (χ2n) is 13.2. The summed E-state index contributed by atoms with van der Waals surface area (Å²) in [6, 6.07) is 25.6. The van der Waals surface area contributed by atoms with Gasteiger partial charge in [-0.3, -0.25) is 4.79 Å². The number of aromatic carboxylic acids is 1. The average Bonchev–Trinajstić information content (AvgIpc) is 3.58. The van der Waals surface area contributed by atoms with Crippen LogP contribution in [0.25, 0.3) is 10.8 Å². The van der Waals surface area contributed by atoms with Gasteiger partial charge in [-0.1, -0.05) is 48.5 Å². The predicted octanol–water partition coefficient (Wildman–Crippen LogP) is 6.89. The van der Waals surface area contributed by atoms with Crippen molar-refractivity contribution >= 4 is 71.7 Å². The lowest BCUT2D eigenvalue weighted by atomic mass is 10.0. The molecule has 2 atom stereocenters. The van der Waals surface area contributed by atoms with Crippen LogP contribution in [-0.4, -0.2) is 77.2 Å². The molecule has 3 amide bonds. The number of methoxy groups -OCH3 is 2. The highest BCUT2D eigenvalue weighted by Crippen LogP contribution is 2.37. The van der Waals surface area contributed by atoms with E-state index < -0.39 is 34.1 Å².